The quantitative estimate of drug-likeness (QED) is 0.540. The third-order valence-corrected chi connectivity index (χ3v) is 4.32. The molecule has 2 heterocycles. The Bertz CT molecular complexity index is 897. The molecule has 0 unspecified atom stereocenters. The van der Waals surface area contributed by atoms with E-state index < -0.39 is 0 Å². The van der Waals surface area contributed by atoms with Crippen LogP contribution in [0.3, 0.4) is 0 Å². The highest BCUT2D eigenvalue weighted by Gasteiger charge is 2.11. The van der Waals surface area contributed by atoms with Crippen molar-refractivity contribution in [2.24, 2.45) is 0 Å². The summed E-state index contributed by atoms with van der Waals surface area (Å²) in [5, 5.41) is 4.19. The summed E-state index contributed by atoms with van der Waals surface area (Å²) in [6.07, 6.45) is 0.692. The van der Waals surface area contributed by atoms with Gasteiger partial charge < -0.3 is 10.1 Å². The van der Waals surface area contributed by atoms with Crippen LogP contribution >= 0.6 is 22.9 Å². The second kappa shape index (κ2) is 7.11. The number of hydrogen-bond donors (Lipinski definition) is 1. The number of rotatable bonds is 5. The Morgan fingerprint density at radius 2 is 2.08 bits per heavy atom. The standard InChI is InChI=1S/C16H15ClN4O2S/c1-3-13-19-12(17)8-14(20-13)21-16-18-10-6-5-9(7-11(10)24-16)15(22)23-4-2/h5-8H,3-4H2,1-2H3,(H,18,19,20,21). The van der Waals surface area contributed by atoms with Crippen molar-refractivity contribution in [3.8, 4) is 0 Å². The average molecular weight is 363 g/mol. The molecule has 8 heteroatoms. The van der Waals surface area contributed by atoms with Crippen molar-refractivity contribution in [3.63, 3.8) is 0 Å². The third-order valence-electron chi connectivity index (χ3n) is 3.19. The number of nitrogens with one attached hydrogen (secondary N) is 1. The number of ether oxygens (including phenoxy) is 1. The van der Waals surface area contributed by atoms with E-state index in [9.17, 15) is 4.79 Å². The lowest BCUT2D eigenvalue weighted by Crippen LogP contribution is -2.03. The maximum absolute atomic E-state index is 11.8. The van der Waals surface area contributed by atoms with Gasteiger partial charge in [-0.2, -0.15) is 0 Å². The number of thiazole rings is 1. The summed E-state index contributed by atoms with van der Waals surface area (Å²) in [6, 6.07) is 6.94. The fourth-order valence-corrected chi connectivity index (χ4v) is 3.23. The van der Waals surface area contributed by atoms with Gasteiger partial charge in [-0.25, -0.2) is 19.7 Å². The van der Waals surface area contributed by atoms with E-state index in [1.54, 1.807) is 31.2 Å². The first-order valence-corrected chi connectivity index (χ1v) is 8.66. The zero-order valence-corrected chi connectivity index (χ0v) is 14.7. The molecule has 0 aliphatic carbocycles. The summed E-state index contributed by atoms with van der Waals surface area (Å²) in [6.45, 7) is 4.09. The van der Waals surface area contributed by atoms with Crippen LogP contribution in [0.15, 0.2) is 24.3 Å². The van der Waals surface area contributed by atoms with Crippen LogP contribution in [0.5, 0.6) is 0 Å². The minimum absolute atomic E-state index is 0.336. The van der Waals surface area contributed by atoms with E-state index in [1.165, 1.54) is 11.3 Å². The average Bonchev–Trinajstić information content (AvgIpc) is 2.95. The normalized spacial score (nSPS) is 10.8. The second-order valence-electron chi connectivity index (χ2n) is 4.89. The van der Waals surface area contributed by atoms with Gasteiger partial charge >= 0.3 is 5.97 Å². The largest absolute Gasteiger partial charge is 0.462 e. The number of aryl methyl sites for hydroxylation is 1. The van der Waals surface area contributed by atoms with Crippen molar-refractivity contribution in [1.29, 1.82) is 0 Å². The van der Waals surface area contributed by atoms with Crippen molar-refractivity contribution in [2.45, 2.75) is 20.3 Å². The highest BCUT2D eigenvalue weighted by Crippen LogP contribution is 2.29. The number of anilines is 2. The fraction of sp³-hybridized carbons (Fsp3) is 0.250. The summed E-state index contributed by atoms with van der Waals surface area (Å²) in [5.74, 6) is 0.921. The van der Waals surface area contributed by atoms with E-state index >= 15 is 0 Å². The molecule has 24 heavy (non-hydrogen) atoms. The van der Waals surface area contributed by atoms with E-state index in [1.807, 2.05) is 6.92 Å². The molecule has 0 saturated carbocycles. The molecule has 0 spiro atoms. The number of aromatic nitrogens is 3. The molecule has 6 nitrogen and oxygen atoms in total. The molecule has 2 aromatic heterocycles. The van der Waals surface area contributed by atoms with Crippen molar-refractivity contribution in [2.75, 3.05) is 11.9 Å². The number of halogens is 1. The van der Waals surface area contributed by atoms with Gasteiger partial charge in [-0.3, -0.25) is 0 Å². The Hall–Kier alpha value is -2.25. The van der Waals surface area contributed by atoms with E-state index in [0.29, 0.717) is 40.5 Å². The zero-order chi connectivity index (χ0) is 17.1. The van der Waals surface area contributed by atoms with Crippen molar-refractivity contribution in [3.05, 3.63) is 40.8 Å². The number of carbonyl (C=O) groups excluding carboxylic acids is 1. The Morgan fingerprint density at radius 1 is 1.25 bits per heavy atom. The third kappa shape index (κ3) is 3.63. The summed E-state index contributed by atoms with van der Waals surface area (Å²) in [5.41, 5.74) is 1.31. The molecule has 0 aliphatic rings. The molecule has 0 radical (unpaired) electrons. The van der Waals surface area contributed by atoms with Gasteiger partial charge in [-0.05, 0) is 25.1 Å². The SMILES string of the molecule is CCOC(=O)c1ccc2nc(Nc3cc(Cl)nc(CC)n3)sc2c1. The van der Waals surface area contributed by atoms with Gasteiger partial charge in [0.1, 0.15) is 16.8 Å². The maximum atomic E-state index is 11.8. The topological polar surface area (TPSA) is 77.0 Å². The summed E-state index contributed by atoms with van der Waals surface area (Å²) < 4.78 is 5.90. The fourth-order valence-electron chi connectivity index (χ4n) is 2.12. The number of benzene rings is 1. The van der Waals surface area contributed by atoms with E-state index in [2.05, 4.69) is 20.3 Å². The van der Waals surface area contributed by atoms with Crippen LogP contribution in [0.4, 0.5) is 10.9 Å². The van der Waals surface area contributed by atoms with Crippen molar-refractivity contribution >= 4 is 50.1 Å². The van der Waals surface area contributed by atoms with Gasteiger partial charge in [-0.15, -0.1) is 0 Å². The molecule has 0 atom stereocenters. The highest BCUT2D eigenvalue weighted by atomic mass is 35.5. The molecule has 0 saturated heterocycles. The lowest BCUT2D eigenvalue weighted by molar-refractivity contribution is 0.0526. The molecule has 1 aromatic carbocycles. The first-order chi connectivity index (χ1) is 11.6. The minimum Gasteiger partial charge on any atom is -0.462 e. The Balaban J connectivity index is 1.88. The molecule has 0 aliphatic heterocycles. The van der Waals surface area contributed by atoms with Gasteiger partial charge in [-0.1, -0.05) is 29.9 Å². The second-order valence-corrected chi connectivity index (χ2v) is 6.31. The zero-order valence-electron chi connectivity index (χ0n) is 13.2. The summed E-state index contributed by atoms with van der Waals surface area (Å²) in [7, 11) is 0. The maximum Gasteiger partial charge on any atom is 0.338 e. The van der Waals surface area contributed by atoms with Gasteiger partial charge in [0.25, 0.3) is 0 Å². The van der Waals surface area contributed by atoms with Gasteiger partial charge in [0.15, 0.2) is 5.13 Å². The lowest BCUT2D eigenvalue weighted by Gasteiger charge is -2.03. The predicted octanol–water partition coefficient (Wildman–Crippen LogP) is 4.22. The Morgan fingerprint density at radius 3 is 2.83 bits per heavy atom. The molecular weight excluding hydrogens is 348 g/mol. The van der Waals surface area contributed by atoms with Crippen LogP contribution in [0.2, 0.25) is 5.15 Å². The Kier molecular flexibility index (Phi) is 4.92. The first kappa shape index (κ1) is 16.6. The minimum atomic E-state index is -0.336. The van der Waals surface area contributed by atoms with E-state index in [4.69, 9.17) is 16.3 Å². The van der Waals surface area contributed by atoms with Gasteiger partial charge in [0.2, 0.25) is 0 Å². The highest BCUT2D eigenvalue weighted by molar-refractivity contribution is 7.22. The first-order valence-electron chi connectivity index (χ1n) is 7.47. The summed E-state index contributed by atoms with van der Waals surface area (Å²) in [4.78, 5) is 24.8. The monoisotopic (exact) mass is 362 g/mol. The number of nitrogens with zero attached hydrogens (tertiary/aromatic N) is 3. The number of fused-ring (bicyclic) bond motifs is 1. The molecule has 124 valence electrons. The molecule has 3 aromatic rings. The van der Waals surface area contributed by atoms with Crippen LogP contribution in [0, 0.1) is 0 Å². The molecular formula is C16H15ClN4O2S. The van der Waals surface area contributed by atoms with Gasteiger partial charge in [0.05, 0.1) is 22.4 Å². The Labute approximate surface area is 147 Å². The van der Waals surface area contributed by atoms with Crippen molar-refractivity contribution < 1.29 is 9.53 Å². The molecule has 1 N–H and O–H groups in total. The summed E-state index contributed by atoms with van der Waals surface area (Å²) >= 11 is 7.43. The van der Waals surface area contributed by atoms with Crippen LogP contribution in [-0.2, 0) is 11.2 Å². The van der Waals surface area contributed by atoms with E-state index in [0.717, 1.165) is 10.2 Å². The van der Waals surface area contributed by atoms with Crippen molar-refractivity contribution in [1.82, 2.24) is 15.0 Å². The van der Waals surface area contributed by atoms with Crippen LogP contribution < -0.4 is 5.32 Å². The number of esters is 1. The molecule has 3 rings (SSSR count). The van der Waals surface area contributed by atoms with Crippen LogP contribution in [-0.4, -0.2) is 27.5 Å². The van der Waals surface area contributed by atoms with E-state index in [-0.39, 0.29) is 5.97 Å². The molecule has 0 amide bonds. The van der Waals surface area contributed by atoms with Crippen LogP contribution in [0.1, 0.15) is 30.0 Å². The smallest absolute Gasteiger partial charge is 0.338 e. The number of carbonyl (C=O) groups is 1. The lowest BCUT2D eigenvalue weighted by atomic mass is 10.2. The predicted molar refractivity (Wildman–Crippen MR) is 95.3 cm³/mol. The molecule has 0 fully saturated rings. The molecule has 0 bridgehead atoms. The van der Waals surface area contributed by atoms with Gasteiger partial charge in [0, 0.05) is 12.5 Å². The van der Waals surface area contributed by atoms with Crippen LogP contribution in [0.25, 0.3) is 10.2 Å². The number of hydrogen-bond acceptors (Lipinski definition) is 7.